The SMILES string of the molecule is CN(CCOc1ccc(C[C@@H](Oc2cccc(C(F)(F)F)c2)C(=O)O)cc1)c1nc2ccccc2o1. The van der Waals surface area contributed by atoms with Crippen molar-refractivity contribution in [3.63, 3.8) is 0 Å². The molecule has 1 heterocycles. The summed E-state index contributed by atoms with van der Waals surface area (Å²) >= 11 is 0. The number of anilines is 1. The summed E-state index contributed by atoms with van der Waals surface area (Å²) in [6.07, 6.45) is -5.94. The molecule has 0 saturated carbocycles. The molecule has 1 aromatic heterocycles. The van der Waals surface area contributed by atoms with Crippen molar-refractivity contribution in [2.45, 2.75) is 18.7 Å². The Morgan fingerprint density at radius 3 is 2.50 bits per heavy atom. The number of aliphatic carboxylic acids is 1. The normalized spacial score (nSPS) is 12.3. The number of nitrogens with zero attached hydrogens (tertiary/aromatic N) is 2. The second kappa shape index (κ2) is 10.6. The Bertz CT molecular complexity index is 1290. The first kappa shape index (κ1) is 24.9. The number of halogens is 3. The quantitative estimate of drug-likeness (QED) is 0.311. The van der Waals surface area contributed by atoms with Gasteiger partial charge in [-0.25, -0.2) is 4.79 Å². The van der Waals surface area contributed by atoms with Gasteiger partial charge in [-0.3, -0.25) is 0 Å². The van der Waals surface area contributed by atoms with Gasteiger partial charge in [0.05, 0.1) is 12.1 Å². The number of fused-ring (bicyclic) bond motifs is 1. The van der Waals surface area contributed by atoms with Crippen molar-refractivity contribution in [3.8, 4) is 11.5 Å². The molecule has 0 aliphatic rings. The van der Waals surface area contributed by atoms with Crippen LogP contribution in [0.25, 0.3) is 11.1 Å². The van der Waals surface area contributed by atoms with Crippen molar-refractivity contribution >= 4 is 23.1 Å². The molecule has 10 heteroatoms. The maximum absolute atomic E-state index is 12.9. The Morgan fingerprint density at radius 1 is 1.06 bits per heavy atom. The van der Waals surface area contributed by atoms with E-state index in [0.29, 0.717) is 36.1 Å². The molecule has 0 aliphatic heterocycles. The molecule has 1 atom stereocenters. The van der Waals surface area contributed by atoms with Gasteiger partial charge in [0.1, 0.15) is 23.6 Å². The topological polar surface area (TPSA) is 85.0 Å². The number of carboxylic acids is 1. The molecule has 36 heavy (non-hydrogen) atoms. The van der Waals surface area contributed by atoms with E-state index in [4.69, 9.17) is 13.9 Å². The molecule has 0 unspecified atom stereocenters. The van der Waals surface area contributed by atoms with Gasteiger partial charge in [-0.15, -0.1) is 0 Å². The summed E-state index contributed by atoms with van der Waals surface area (Å²) in [5, 5.41) is 9.50. The molecule has 4 rings (SSSR count). The average molecular weight is 500 g/mol. The van der Waals surface area contributed by atoms with Crippen molar-refractivity contribution in [2.24, 2.45) is 0 Å². The summed E-state index contributed by atoms with van der Waals surface area (Å²) < 4.78 is 55.6. The van der Waals surface area contributed by atoms with E-state index in [-0.39, 0.29) is 12.2 Å². The van der Waals surface area contributed by atoms with E-state index in [0.717, 1.165) is 17.6 Å². The first-order valence-electron chi connectivity index (χ1n) is 11.0. The van der Waals surface area contributed by atoms with Crippen LogP contribution in [0.1, 0.15) is 11.1 Å². The zero-order valence-corrected chi connectivity index (χ0v) is 19.2. The molecule has 0 amide bonds. The Balaban J connectivity index is 1.31. The summed E-state index contributed by atoms with van der Waals surface area (Å²) in [7, 11) is 1.84. The Kier molecular flexibility index (Phi) is 7.33. The molecule has 4 aromatic rings. The number of aromatic nitrogens is 1. The van der Waals surface area contributed by atoms with Crippen LogP contribution in [0, 0.1) is 0 Å². The third-order valence-corrected chi connectivity index (χ3v) is 5.36. The fourth-order valence-electron chi connectivity index (χ4n) is 3.44. The molecule has 3 aromatic carbocycles. The number of para-hydroxylation sites is 2. The van der Waals surface area contributed by atoms with Gasteiger partial charge in [0.25, 0.3) is 6.01 Å². The van der Waals surface area contributed by atoms with Crippen LogP contribution in [0.3, 0.4) is 0 Å². The number of oxazole rings is 1. The summed E-state index contributed by atoms with van der Waals surface area (Å²) in [6.45, 7) is 0.867. The van der Waals surface area contributed by atoms with Crippen molar-refractivity contribution < 1.29 is 37.0 Å². The number of hydrogen-bond acceptors (Lipinski definition) is 6. The van der Waals surface area contributed by atoms with Gasteiger partial charge in [0.15, 0.2) is 11.7 Å². The lowest BCUT2D eigenvalue weighted by atomic mass is 10.1. The van der Waals surface area contributed by atoms with Gasteiger partial charge in [-0.05, 0) is 48.0 Å². The standard InChI is InChI=1S/C26H23F3N2O5/c1-31(25-30-21-7-2-3-8-22(21)36-25)13-14-34-19-11-9-17(10-12-19)15-23(24(32)33)35-20-6-4-5-18(16-20)26(27,28)29/h2-12,16,23H,13-15H2,1H3,(H,32,33)/t23-/m1/s1. The van der Waals surface area contributed by atoms with Gasteiger partial charge in [0, 0.05) is 13.5 Å². The van der Waals surface area contributed by atoms with Crippen molar-refractivity contribution in [1.82, 2.24) is 4.98 Å². The van der Waals surface area contributed by atoms with E-state index in [2.05, 4.69) is 4.98 Å². The molecule has 0 fully saturated rings. The number of hydrogen-bond donors (Lipinski definition) is 1. The third kappa shape index (κ3) is 6.26. The summed E-state index contributed by atoms with van der Waals surface area (Å²) in [6, 6.07) is 18.9. The number of carbonyl (C=O) groups is 1. The molecule has 7 nitrogen and oxygen atoms in total. The molecule has 188 valence electrons. The highest BCUT2D eigenvalue weighted by Crippen LogP contribution is 2.31. The fraction of sp³-hybridized carbons (Fsp3) is 0.231. The van der Waals surface area contributed by atoms with Crippen LogP contribution < -0.4 is 14.4 Å². The van der Waals surface area contributed by atoms with E-state index in [1.807, 2.05) is 36.2 Å². The number of carboxylic acid groups (broad SMARTS) is 1. The van der Waals surface area contributed by atoms with Crippen LogP contribution in [0.4, 0.5) is 19.2 Å². The molecule has 0 bridgehead atoms. The van der Waals surface area contributed by atoms with Crippen molar-refractivity contribution in [3.05, 3.63) is 83.9 Å². The Labute approximate surface area is 204 Å². The van der Waals surface area contributed by atoms with Crippen LogP contribution in [-0.2, 0) is 17.4 Å². The number of rotatable bonds is 10. The van der Waals surface area contributed by atoms with Crippen LogP contribution in [-0.4, -0.2) is 42.4 Å². The fourth-order valence-corrected chi connectivity index (χ4v) is 3.44. The Morgan fingerprint density at radius 2 is 1.81 bits per heavy atom. The smallest absolute Gasteiger partial charge is 0.416 e. The van der Waals surface area contributed by atoms with Gasteiger partial charge < -0.3 is 23.9 Å². The molecular weight excluding hydrogens is 477 g/mol. The minimum Gasteiger partial charge on any atom is -0.492 e. The monoisotopic (exact) mass is 500 g/mol. The second-order valence-electron chi connectivity index (χ2n) is 8.05. The first-order valence-corrected chi connectivity index (χ1v) is 11.0. The van der Waals surface area contributed by atoms with Gasteiger partial charge in [-0.1, -0.05) is 30.3 Å². The number of likely N-dealkylation sites (N-methyl/N-ethyl adjacent to an activating group) is 1. The maximum Gasteiger partial charge on any atom is 0.416 e. The van der Waals surface area contributed by atoms with E-state index in [1.165, 1.54) is 12.1 Å². The van der Waals surface area contributed by atoms with Gasteiger partial charge >= 0.3 is 12.1 Å². The largest absolute Gasteiger partial charge is 0.492 e. The maximum atomic E-state index is 12.9. The van der Waals surface area contributed by atoms with E-state index < -0.39 is 23.8 Å². The van der Waals surface area contributed by atoms with E-state index in [9.17, 15) is 23.1 Å². The zero-order valence-electron chi connectivity index (χ0n) is 19.2. The molecule has 0 radical (unpaired) electrons. The summed E-state index contributed by atoms with van der Waals surface area (Å²) in [4.78, 5) is 17.9. The lowest BCUT2D eigenvalue weighted by Gasteiger charge is -2.17. The predicted octanol–water partition coefficient (Wildman–Crippen LogP) is 5.44. The van der Waals surface area contributed by atoms with Gasteiger partial charge in [-0.2, -0.15) is 18.2 Å². The van der Waals surface area contributed by atoms with Crippen LogP contribution in [0.5, 0.6) is 11.5 Å². The third-order valence-electron chi connectivity index (χ3n) is 5.36. The number of benzene rings is 3. The number of alkyl halides is 3. The molecule has 0 aliphatic carbocycles. The highest BCUT2D eigenvalue weighted by atomic mass is 19.4. The first-order chi connectivity index (χ1) is 17.2. The molecular formula is C26H23F3N2O5. The highest BCUT2D eigenvalue weighted by Gasteiger charge is 2.31. The van der Waals surface area contributed by atoms with Crippen molar-refractivity contribution in [2.75, 3.05) is 25.1 Å². The number of ether oxygens (including phenoxy) is 2. The average Bonchev–Trinajstić information content (AvgIpc) is 3.29. The van der Waals surface area contributed by atoms with Crippen LogP contribution in [0.15, 0.2) is 77.2 Å². The summed E-state index contributed by atoms with van der Waals surface area (Å²) in [5.41, 5.74) is 1.19. The second-order valence-corrected chi connectivity index (χ2v) is 8.05. The zero-order chi connectivity index (χ0) is 25.7. The van der Waals surface area contributed by atoms with Crippen LogP contribution in [0.2, 0.25) is 0 Å². The minimum absolute atomic E-state index is 0.0354. The van der Waals surface area contributed by atoms with E-state index >= 15 is 0 Å². The minimum atomic E-state index is -4.55. The van der Waals surface area contributed by atoms with Crippen LogP contribution >= 0.6 is 0 Å². The summed E-state index contributed by atoms with van der Waals surface area (Å²) in [5.74, 6) is -0.870. The highest BCUT2D eigenvalue weighted by molar-refractivity contribution is 5.74. The van der Waals surface area contributed by atoms with E-state index in [1.54, 1.807) is 24.3 Å². The lowest BCUT2D eigenvalue weighted by Crippen LogP contribution is -2.29. The molecule has 0 saturated heterocycles. The molecule has 0 spiro atoms. The molecule has 1 N–H and O–H groups in total. The predicted molar refractivity (Wildman–Crippen MR) is 126 cm³/mol. The van der Waals surface area contributed by atoms with Gasteiger partial charge in [0.2, 0.25) is 0 Å². The van der Waals surface area contributed by atoms with Crippen molar-refractivity contribution in [1.29, 1.82) is 0 Å². The lowest BCUT2D eigenvalue weighted by molar-refractivity contribution is -0.145. The Hall–Kier alpha value is -4.21.